The SMILES string of the molecule is CC(CO)CNC12CCC[C@@H]1C1CCC3C(C)(CCC4C(C)(C)C(C5=CCC(C(=O)O)CC5)=CCC43C)C1CC2. The van der Waals surface area contributed by atoms with Crippen LogP contribution in [-0.4, -0.2) is 34.9 Å². The highest BCUT2D eigenvalue weighted by Gasteiger charge is 2.65. The first kappa shape index (κ1) is 29.0. The number of carboxylic acid groups (broad SMARTS) is 1. The Kier molecular flexibility index (Phi) is 7.42. The minimum Gasteiger partial charge on any atom is -0.481 e. The lowest BCUT2D eigenvalue weighted by molar-refractivity contribution is -0.175. The quantitative estimate of drug-likeness (QED) is 0.315. The average Bonchev–Trinajstić information content (AvgIpc) is 3.36. The van der Waals surface area contributed by atoms with Crippen LogP contribution in [0.2, 0.25) is 0 Å². The maximum absolute atomic E-state index is 11.6. The zero-order chi connectivity index (χ0) is 28.5. The molecule has 9 unspecified atom stereocenters. The van der Waals surface area contributed by atoms with Gasteiger partial charge in [0.2, 0.25) is 0 Å². The summed E-state index contributed by atoms with van der Waals surface area (Å²) in [5, 5.41) is 23.2. The molecule has 6 aliphatic carbocycles. The van der Waals surface area contributed by atoms with E-state index in [1.165, 1.54) is 69.8 Å². The first-order chi connectivity index (χ1) is 19.0. The van der Waals surface area contributed by atoms with Gasteiger partial charge in [0.25, 0.3) is 0 Å². The van der Waals surface area contributed by atoms with Crippen molar-refractivity contribution in [3.8, 4) is 0 Å². The minimum absolute atomic E-state index is 0.146. The third kappa shape index (κ3) is 4.31. The summed E-state index contributed by atoms with van der Waals surface area (Å²) in [4.78, 5) is 11.6. The van der Waals surface area contributed by atoms with Crippen molar-refractivity contribution >= 4 is 5.97 Å². The van der Waals surface area contributed by atoms with Crippen molar-refractivity contribution < 1.29 is 15.0 Å². The topological polar surface area (TPSA) is 69.6 Å². The molecule has 4 saturated carbocycles. The summed E-state index contributed by atoms with van der Waals surface area (Å²) < 4.78 is 0. The van der Waals surface area contributed by atoms with E-state index in [9.17, 15) is 15.0 Å². The highest BCUT2D eigenvalue weighted by Crippen LogP contribution is 2.72. The van der Waals surface area contributed by atoms with Crippen LogP contribution in [0.15, 0.2) is 23.3 Å². The molecule has 0 aromatic heterocycles. The Hall–Kier alpha value is -1.13. The molecule has 10 atom stereocenters. The Bertz CT molecular complexity index is 1060. The van der Waals surface area contributed by atoms with Crippen molar-refractivity contribution in [1.82, 2.24) is 5.32 Å². The molecule has 0 amide bonds. The summed E-state index contributed by atoms with van der Waals surface area (Å²) in [6, 6.07) is 0. The second-order valence-corrected chi connectivity index (χ2v) is 16.4. The zero-order valence-electron chi connectivity index (χ0n) is 26.1. The molecule has 0 aromatic carbocycles. The highest BCUT2D eigenvalue weighted by atomic mass is 16.4. The van der Waals surface area contributed by atoms with E-state index in [-0.39, 0.29) is 17.9 Å². The number of fused-ring (bicyclic) bond motifs is 7. The van der Waals surface area contributed by atoms with Gasteiger partial charge in [-0.05, 0) is 140 Å². The molecule has 0 aliphatic heterocycles. The molecular formula is C36H57NO3. The summed E-state index contributed by atoms with van der Waals surface area (Å²) >= 11 is 0. The Balaban J connectivity index is 1.24. The van der Waals surface area contributed by atoms with Gasteiger partial charge < -0.3 is 15.5 Å². The lowest BCUT2D eigenvalue weighted by Gasteiger charge is -2.68. The van der Waals surface area contributed by atoms with E-state index in [2.05, 4.69) is 52.1 Å². The molecule has 6 aliphatic rings. The van der Waals surface area contributed by atoms with Gasteiger partial charge in [0.1, 0.15) is 0 Å². The number of hydrogen-bond acceptors (Lipinski definition) is 3. The third-order valence-electron chi connectivity index (χ3n) is 14.3. The first-order valence-electron chi connectivity index (χ1n) is 16.9. The van der Waals surface area contributed by atoms with Crippen molar-refractivity contribution in [2.24, 2.45) is 57.7 Å². The van der Waals surface area contributed by atoms with E-state index in [0.717, 1.165) is 43.1 Å². The monoisotopic (exact) mass is 551 g/mol. The van der Waals surface area contributed by atoms with Crippen LogP contribution in [0.3, 0.4) is 0 Å². The zero-order valence-corrected chi connectivity index (χ0v) is 26.1. The lowest BCUT2D eigenvalue weighted by atomic mass is 9.37. The first-order valence-corrected chi connectivity index (χ1v) is 16.9. The van der Waals surface area contributed by atoms with Gasteiger partial charge in [-0.25, -0.2) is 0 Å². The predicted molar refractivity (Wildman–Crippen MR) is 162 cm³/mol. The minimum atomic E-state index is -0.630. The molecule has 3 N–H and O–H groups in total. The third-order valence-corrected chi connectivity index (χ3v) is 14.3. The molecule has 4 heteroatoms. The van der Waals surface area contributed by atoms with Crippen molar-refractivity contribution in [3.05, 3.63) is 23.3 Å². The largest absolute Gasteiger partial charge is 0.481 e. The fourth-order valence-electron chi connectivity index (χ4n) is 12.4. The van der Waals surface area contributed by atoms with Crippen LogP contribution in [0.4, 0.5) is 0 Å². The fraction of sp³-hybridized carbons (Fsp3) is 0.861. The van der Waals surface area contributed by atoms with Crippen molar-refractivity contribution in [3.63, 3.8) is 0 Å². The fourth-order valence-corrected chi connectivity index (χ4v) is 12.4. The second-order valence-electron chi connectivity index (χ2n) is 16.4. The van der Waals surface area contributed by atoms with Crippen molar-refractivity contribution in [2.75, 3.05) is 13.2 Å². The normalized spacial score (nSPS) is 46.6. The molecule has 40 heavy (non-hydrogen) atoms. The number of carbonyl (C=O) groups is 1. The van der Waals surface area contributed by atoms with Crippen LogP contribution in [-0.2, 0) is 4.79 Å². The van der Waals surface area contributed by atoms with E-state index in [0.29, 0.717) is 34.6 Å². The maximum Gasteiger partial charge on any atom is 0.306 e. The number of nitrogens with one attached hydrogen (secondary N) is 1. The Morgan fingerprint density at radius 2 is 1.75 bits per heavy atom. The highest BCUT2D eigenvalue weighted by molar-refractivity contribution is 5.70. The Morgan fingerprint density at radius 1 is 0.950 bits per heavy atom. The number of aliphatic hydroxyl groups excluding tert-OH is 1. The molecule has 0 aromatic rings. The number of carboxylic acids is 1. The van der Waals surface area contributed by atoms with Gasteiger partial charge in [0, 0.05) is 18.7 Å². The predicted octanol–water partition coefficient (Wildman–Crippen LogP) is 7.77. The maximum atomic E-state index is 11.6. The number of aliphatic carboxylic acids is 1. The second kappa shape index (κ2) is 10.2. The van der Waals surface area contributed by atoms with E-state index < -0.39 is 5.97 Å². The van der Waals surface area contributed by atoms with Gasteiger partial charge in [-0.1, -0.05) is 53.2 Å². The van der Waals surface area contributed by atoms with Gasteiger partial charge in [-0.15, -0.1) is 0 Å². The van der Waals surface area contributed by atoms with E-state index >= 15 is 0 Å². The smallest absolute Gasteiger partial charge is 0.306 e. The molecule has 0 saturated heterocycles. The van der Waals surface area contributed by atoms with Gasteiger partial charge in [-0.2, -0.15) is 0 Å². The van der Waals surface area contributed by atoms with Crippen LogP contribution in [0.5, 0.6) is 0 Å². The Morgan fingerprint density at radius 3 is 2.45 bits per heavy atom. The Labute approximate surface area is 243 Å². The molecule has 4 nitrogen and oxygen atoms in total. The average molecular weight is 552 g/mol. The van der Waals surface area contributed by atoms with Crippen LogP contribution in [0, 0.1) is 57.7 Å². The molecular weight excluding hydrogens is 494 g/mol. The van der Waals surface area contributed by atoms with Gasteiger partial charge in [-0.3, -0.25) is 4.79 Å². The van der Waals surface area contributed by atoms with Gasteiger partial charge in [0.15, 0.2) is 0 Å². The number of rotatable bonds is 6. The summed E-state index contributed by atoms with van der Waals surface area (Å²) in [6.07, 6.45) is 20.9. The van der Waals surface area contributed by atoms with Crippen LogP contribution in [0.1, 0.15) is 118 Å². The molecule has 0 spiro atoms. The number of hydrogen-bond donors (Lipinski definition) is 3. The molecule has 0 bridgehead atoms. The standard InChI is InChI=1S/C36H57NO3/c1-23(22-38)21-37-36-17-6-7-29(36)26-12-13-31-34(4,28(26)15-20-36)19-16-30-33(2,3)27(14-18-35(30,31)5)24-8-10-25(11-9-24)32(39)40/h8,14,23,25-26,28-31,37-38H,6-7,9-13,15-22H2,1-5H3,(H,39,40)/t23?,25?,26?,28?,29-,30?,31?,34?,35?,36?/m1/s1. The molecule has 6 rings (SSSR count). The van der Waals surface area contributed by atoms with Gasteiger partial charge in [0.05, 0.1) is 5.92 Å². The van der Waals surface area contributed by atoms with Gasteiger partial charge >= 0.3 is 5.97 Å². The van der Waals surface area contributed by atoms with E-state index in [1.807, 2.05) is 0 Å². The van der Waals surface area contributed by atoms with E-state index in [1.54, 1.807) is 5.57 Å². The van der Waals surface area contributed by atoms with Crippen molar-refractivity contribution in [1.29, 1.82) is 0 Å². The number of aliphatic hydroxyl groups is 1. The van der Waals surface area contributed by atoms with Crippen LogP contribution >= 0.6 is 0 Å². The van der Waals surface area contributed by atoms with Crippen LogP contribution < -0.4 is 5.32 Å². The number of allylic oxidation sites excluding steroid dienone is 4. The van der Waals surface area contributed by atoms with Crippen molar-refractivity contribution in [2.45, 2.75) is 124 Å². The molecule has 0 radical (unpaired) electrons. The summed E-state index contributed by atoms with van der Waals surface area (Å²) in [6.45, 7) is 13.9. The summed E-state index contributed by atoms with van der Waals surface area (Å²) in [5.74, 6) is 3.56. The molecule has 224 valence electrons. The van der Waals surface area contributed by atoms with Crippen LogP contribution in [0.25, 0.3) is 0 Å². The summed E-state index contributed by atoms with van der Waals surface area (Å²) in [7, 11) is 0. The molecule has 4 fully saturated rings. The van der Waals surface area contributed by atoms with E-state index in [4.69, 9.17) is 0 Å². The molecule has 0 heterocycles. The summed E-state index contributed by atoms with van der Waals surface area (Å²) in [5.41, 5.74) is 4.27. The lowest BCUT2D eigenvalue weighted by Crippen LogP contribution is -2.63.